The summed E-state index contributed by atoms with van der Waals surface area (Å²) in [5, 5.41) is 10.7. The van der Waals surface area contributed by atoms with Gasteiger partial charge in [0.2, 0.25) is 0 Å². The summed E-state index contributed by atoms with van der Waals surface area (Å²) < 4.78 is 30.2. The zero-order valence-corrected chi connectivity index (χ0v) is 15.5. The van der Waals surface area contributed by atoms with E-state index >= 15 is 0 Å². The van der Waals surface area contributed by atoms with E-state index in [4.69, 9.17) is 0 Å². The van der Waals surface area contributed by atoms with Gasteiger partial charge in [-0.15, -0.1) is 0 Å². The fourth-order valence-corrected chi connectivity index (χ4v) is 5.47. The predicted molar refractivity (Wildman–Crippen MR) is 101 cm³/mol. The molecule has 0 radical (unpaired) electrons. The Hall–Kier alpha value is -1.54. The van der Waals surface area contributed by atoms with E-state index in [2.05, 4.69) is 9.71 Å². The maximum Gasteiger partial charge on any atom is 0.280 e. The number of rotatable bonds is 5. The Balaban J connectivity index is 1.63. The van der Waals surface area contributed by atoms with Crippen molar-refractivity contribution in [2.75, 3.05) is 13.1 Å². The van der Waals surface area contributed by atoms with Crippen LogP contribution in [0.4, 0.5) is 0 Å². The highest BCUT2D eigenvalue weighted by atomic mass is 32.2. The topological polar surface area (TPSA) is 82.5 Å². The van der Waals surface area contributed by atoms with Crippen LogP contribution in [0.15, 0.2) is 36.5 Å². The number of piperidine rings is 1. The van der Waals surface area contributed by atoms with E-state index in [0.29, 0.717) is 25.9 Å². The third-order valence-electron chi connectivity index (χ3n) is 5.52. The monoisotopic (exact) mass is 375 g/mol. The Labute approximate surface area is 154 Å². The Morgan fingerprint density at radius 1 is 1.15 bits per heavy atom. The third kappa shape index (κ3) is 3.62. The molecule has 0 bridgehead atoms. The van der Waals surface area contributed by atoms with Crippen molar-refractivity contribution >= 4 is 21.1 Å². The summed E-state index contributed by atoms with van der Waals surface area (Å²) in [6.07, 6.45) is 5.54. The minimum atomic E-state index is -3.55. The van der Waals surface area contributed by atoms with Crippen molar-refractivity contribution in [3.63, 3.8) is 0 Å². The van der Waals surface area contributed by atoms with Gasteiger partial charge in [0, 0.05) is 24.7 Å². The number of hydrogen-bond acceptors (Lipinski definition) is 4. The zero-order valence-electron chi connectivity index (χ0n) is 14.7. The summed E-state index contributed by atoms with van der Waals surface area (Å²) >= 11 is 0. The van der Waals surface area contributed by atoms with Crippen LogP contribution in [0.2, 0.25) is 0 Å². The van der Waals surface area contributed by atoms with Gasteiger partial charge in [0.1, 0.15) is 0 Å². The van der Waals surface area contributed by atoms with Gasteiger partial charge in [-0.3, -0.25) is 4.98 Å². The second kappa shape index (κ2) is 7.23. The number of pyridine rings is 1. The van der Waals surface area contributed by atoms with Crippen LogP contribution >= 0.6 is 0 Å². The van der Waals surface area contributed by atoms with Crippen molar-refractivity contribution < 1.29 is 13.5 Å². The first-order valence-electron chi connectivity index (χ1n) is 9.33. The summed E-state index contributed by atoms with van der Waals surface area (Å²) in [5.41, 5.74) is 1.75. The number of hydrogen-bond donors (Lipinski definition) is 2. The highest BCUT2D eigenvalue weighted by Crippen LogP contribution is 2.39. The SMILES string of the molecule is O=S(=O)(N[C@H](c1cnc2ccccc2c1)C1CC(O)C1)N1CCCCC1. The van der Waals surface area contributed by atoms with Crippen LogP contribution in [0.25, 0.3) is 10.9 Å². The summed E-state index contributed by atoms with van der Waals surface area (Å²) in [6.45, 7) is 1.15. The summed E-state index contributed by atoms with van der Waals surface area (Å²) in [6, 6.07) is 9.47. The number of aliphatic hydroxyl groups excluding tert-OH is 1. The summed E-state index contributed by atoms with van der Waals surface area (Å²) in [5.74, 6) is 0.0903. The molecule has 0 unspecified atom stereocenters. The van der Waals surface area contributed by atoms with E-state index in [1.165, 1.54) is 0 Å². The van der Waals surface area contributed by atoms with Crippen molar-refractivity contribution in [1.29, 1.82) is 0 Å². The lowest BCUT2D eigenvalue weighted by atomic mass is 9.75. The molecule has 1 aliphatic carbocycles. The first kappa shape index (κ1) is 17.9. The van der Waals surface area contributed by atoms with Crippen molar-refractivity contribution in [1.82, 2.24) is 14.0 Å². The van der Waals surface area contributed by atoms with Crippen molar-refractivity contribution in [2.24, 2.45) is 5.92 Å². The third-order valence-corrected chi connectivity index (χ3v) is 7.12. The number of aromatic nitrogens is 1. The molecule has 1 saturated carbocycles. The van der Waals surface area contributed by atoms with Gasteiger partial charge in [-0.05, 0) is 49.3 Å². The maximum absolute atomic E-state index is 12.9. The van der Waals surface area contributed by atoms with Gasteiger partial charge in [-0.25, -0.2) is 0 Å². The number of nitrogens with zero attached hydrogens (tertiary/aromatic N) is 2. The van der Waals surface area contributed by atoms with E-state index in [1.54, 1.807) is 10.5 Å². The maximum atomic E-state index is 12.9. The lowest BCUT2D eigenvalue weighted by Crippen LogP contribution is -2.48. The molecule has 0 amide bonds. The predicted octanol–water partition coefficient (Wildman–Crippen LogP) is 2.37. The number of nitrogens with one attached hydrogen (secondary N) is 1. The van der Waals surface area contributed by atoms with E-state index in [9.17, 15) is 13.5 Å². The normalized spacial score (nSPS) is 25.7. The van der Waals surface area contributed by atoms with Crippen LogP contribution in [0.5, 0.6) is 0 Å². The second-order valence-corrected chi connectivity index (χ2v) is 9.11. The lowest BCUT2D eigenvalue weighted by Gasteiger charge is -2.39. The van der Waals surface area contributed by atoms with Gasteiger partial charge >= 0.3 is 0 Å². The molecule has 1 aromatic carbocycles. The number of para-hydroxylation sites is 1. The standard InChI is InChI=1S/C19H25N3O3S/c23-17-11-15(12-17)19(21-26(24,25)22-8-4-1-5-9-22)16-10-14-6-2-3-7-18(14)20-13-16/h2-3,6-7,10,13,15,17,19,21,23H,1,4-5,8-9,11-12H2/t15?,17?,19-/m0/s1. The van der Waals surface area contributed by atoms with E-state index in [-0.39, 0.29) is 18.1 Å². The van der Waals surface area contributed by atoms with E-state index in [1.807, 2.05) is 30.3 Å². The molecule has 6 nitrogen and oxygen atoms in total. The van der Waals surface area contributed by atoms with Gasteiger partial charge in [-0.2, -0.15) is 17.4 Å². The summed E-state index contributed by atoms with van der Waals surface area (Å²) in [7, 11) is -3.55. The molecule has 4 rings (SSSR count). The van der Waals surface area contributed by atoms with Crippen LogP contribution in [0.3, 0.4) is 0 Å². The average molecular weight is 375 g/mol. The molecule has 2 N–H and O–H groups in total. The Kier molecular flexibility index (Phi) is 4.96. The largest absolute Gasteiger partial charge is 0.393 e. The molecule has 2 aliphatic rings. The Morgan fingerprint density at radius 3 is 2.62 bits per heavy atom. The second-order valence-electron chi connectivity index (χ2n) is 7.41. The average Bonchev–Trinajstić information content (AvgIpc) is 2.64. The fraction of sp³-hybridized carbons (Fsp3) is 0.526. The van der Waals surface area contributed by atoms with Gasteiger partial charge in [0.05, 0.1) is 17.7 Å². The minimum Gasteiger partial charge on any atom is -0.393 e. The molecule has 2 aromatic rings. The molecule has 2 fully saturated rings. The van der Waals surface area contributed by atoms with Crippen LogP contribution in [-0.2, 0) is 10.2 Å². The first-order valence-corrected chi connectivity index (χ1v) is 10.8. The minimum absolute atomic E-state index is 0.0903. The Bertz CT molecular complexity index is 874. The van der Waals surface area contributed by atoms with Crippen LogP contribution in [0.1, 0.15) is 43.7 Å². The number of aliphatic hydroxyl groups is 1. The van der Waals surface area contributed by atoms with Gasteiger partial charge in [0.15, 0.2) is 0 Å². The number of benzene rings is 1. The highest BCUT2D eigenvalue weighted by Gasteiger charge is 2.38. The molecule has 2 heterocycles. The zero-order chi connectivity index (χ0) is 18.1. The van der Waals surface area contributed by atoms with Crippen molar-refractivity contribution in [2.45, 2.75) is 44.2 Å². The molecule has 1 aliphatic heterocycles. The number of fused-ring (bicyclic) bond motifs is 1. The smallest absolute Gasteiger partial charge is 0.280 e. The van der Waals surface area contributed by atoms with Crippen molar-refractivity contribution in [3.05, 3.63) is 42.1 Å². The summed E-state index contributed by atoms with van der Waals surface area (Å²) in [4.78, 5) is 4.49. The molecule has 7 heteroatoms. The molecular weight excluding hydrogens is 350 g/mol. The van der Waals surface area contributed by atoms with Gasteiger partial charge < -0.3 is 5.11 Å². The molecule has 1 saturated heterocycles. The van der Waals surface area contributed by atoms with E-state index in [0.717, 1.165) is 35.7 Å². The molecule has 26 heavy (non-hydrogen) atoms. The van der Waals surface area contributed by atoms with Crippen LogP contribution < -0.4 is 4.72 Å². The van der Waals surface area contributed by atoms with Crippen LogP contribution in [-0.4, -0.2) is 42.0 Å². The van der Waals surface area contributed by atoms with Crippen molar-refractivity contribution in [3.8, 4) is 0 Å². The molecule has 1 atom stereocenters. The Morgan fingerprint density at radius 2 is 1.88 bits per heavy atom. The molecule has 1 aromatic heterocycles. The first-order chi connectivity index (χ1) is 12.5. The fourth-order valence-electron chi connectivity index (χ4n) is 3.94. The van der Waals surface area contributed by atoms with E-state index < -0.39 is 10.2 Å². The van der Waals surface area contributed by atoms with Crippen LogP contribution in [0, 0.1) is 5.92 Å². The van der Waals surface area contributed by atoms with Gasteiger partial charge in [0.25, 0.3) is 10.2 Å². The quantitative estimate of drug-likeness (QED) is 0.840. The highest BCUT2D eigenvalue weighted by molar-refractivity contribution is 7.87. The van der Waals surface area contributed by atoms with Gasteiger partial charge in [-0.1, -0.05) is 24.6 Å². The molecular formula is C19H25N3O3S. The molecule has 140 valence electrons. The lowest BCUT2D eigenvalue weighted by molar-refractivity contribution is 0.0276. The molecule has 0 spiro atoms.